The molecule has 0 amide bonds. The fourth-order valence-electron chi connectivity index (χ4n) is 1.16. The monoisotopic (exact) mass is 174 g/mol. The Morgan fingerprint density at radius 1 is 1.60 bits per heavy atom. The molecule has 0 saturated heterocycles. The number of aromatic nitrogens is 1. The number of nitrogens with zero attached hydrogens (tertiary/aromatic N) is 2. The van der Waals surface area contributed by atoms with Crippen LogP contribution in [0.25, 0.3) is 0 Å². The number of hydrogen-bond donors (Lipinski definition) is 0. The van der Waals surface area contributed by atoms with Gasteiger partial charge in [-0.1, -0.05) is 11.6 Å². The number of rotatable bonds is 0. The molecule has 0 fully saturated rings. The van der Waals surface area contributed by atoms with Crippen molar-refractivity contribution < 1.29 is 0 Å². The lowest BCUT2D eigenvalue weighted by molar-refractivity contribution is 0.352. The third-order valence-corrected chi connectivity index (χ3v) is 2.77. The highest BCUT2D eigenvalue weighted by Gasteiger charge is 2.19. The van der Waals surface area contributed by atoms with Gasteiger partial charge in [0, 0.05) is 18.0 Å². The average molecular weight is 175 g/mol. The van der Waals surface area contributed by atoms with Crippen LogP contribution in [-0.4, -0.2) is 16.9 Å². The molecule has 0 aliphatic carbocycles. The van der Waals surface area contributed by atoms with Crippen LogP contribution in [0.3, 0.4) is 0 Å². The summed E-state index contributed by atoms with van der Waals surface area (Å²) in [6, 6.07) is 0. The van der Waals surface area contributed by atoms with Gasteiger partial charge in [0.1, 0.15) is 0 Å². The van der Waals surface area contributed by atoms with Crippen molar-refractivity contribution in [3.63, 3.8) is 0 Å². The number of hydrogen-bond acceptors (Lipinski definition) is 3. The van der Waals surface area contributed by atoms with Crippen LogP contribution < -0.4 is 0 Å². The number of fused-ring (bicyclic) bond motifs is 1. The predicted octanol–water partition coefficient (Wildman–Crippen LogP) is 1.74. The highest BCUT2D eigenvalue weighted by atomic mass is 35.5. The second-order valence-electron chi connectivity index (χ2n) is 2.51. The van der Waals surface area contributed by atoms with Crippen molar-refractivity contribution in [1.29, 1.82) is 0 Å². The summed E-state index contributed by atoms with van der Waals surface area (Å²) < 4.78 is 0.679. The van der Waals surface area contributed by atoms with Crippen LogP contribution in [0.2, 0.25) is 4.47 Å². The maximum absolute atomic E-state index is 5.71. The van der Waals surface area contributed by atoms with Crippen molar-refractivity contribution >= 4 is 22.9 Å². The first-order chi connectivity index (χ1) is 4.75. The molecule has 0 spiro atoms. The summed E-state index contributed by atoms with van der Waals surface area (Å²) in [7, 11) is 2.09. The zero-order valence-electron chi connectivity index (χ0n) is 5.59. The normalized spacial score (nSPS) is 17.8. The summed E-state index contributed by atoms with van der Waals surface area (Å²) in [5.41, 5.74) is 1.16. The zero-order valence-corrected chi connectivity index (χ0v) is 7.17. The van der Waals surface area contributed by atoms with Crippen LogP contribution in [0.5, 0.6) is 0 Å². The van der Waals surface area contributed by atoms with Gasteiger partial charge in [-0.2, -0.15) is 0 Å². The van der Waals surface area contributed by atoms with E-state index >= 15 is 0 Å². The highest BCUT2D eigenvalue weighted by Crippen LogP contribution is 2.29. The molecule has 0 N–H and O–H groups in total. The van der Waals surface area contributed by atoms with Crippen molar-refractivity contribution in [1.82, 2.24) is 9.88 Å². The van der Waals surface area contributed by atoms with Crippen molar-refractivity contribution in [3.05, 3.63) is 15.0 Å². The standard InChI is InChI=1S/C6H7ClN2S/c1-9-2-4-5(3-9)10-6(7)8-4/h2-3H2,1H3. The van der Waals surface area contributed by atoms with Crippen LogP contribution in [0.1, 0.15) is 10.6 Å². The van der Waals surface area contributed by atoms with Crippen molar-refractivity contribution in [2.75, 3.05) is 7.05 Å². The van der Waals surface area contributed by atoms with Gasteiger partial charge < -0.3 is 0 Å². The third-order valence-electron chi connectivity index (χ3n) is 1.59. The third kappa shape index (κ3) is 0.944. The zero-order chi connectivity index (χ0) is 7.14. The minimum Gasteiger partial charge on any atom is -0.295 e. The number of thiazole rings is 1. The fraction of sp³-hybridized carbons (Fsp3) is 0.500. The lowest BCUT2D eigenvalue weighted by atomic mass is 10.4. The van der Waals surface area contributed by atoms with E-state index in [1.807, 2.05) is 0 Å². The first-order valence-electron chi connectivity index (χ1n) is 3.08. The Balaban J connectivity index is 2.39. The van der Waals surface area contributed by atoms with Gasteiger partial charge in [-0.3, -0.25) is 4.90 Å². The molecule has 0 aromatic carbocycles. The quantitative estimate of drug-likeness (QED) is 0.596. The molecule has 4 heteroatoms. The van der Waals surface area contributed by atoms with Gasteiger partial charge in [0.25, 0.3) is 0 Å². The molecule has 1 aliphatic heterocycles. The van der Waals surface area contributed by atoms with Gasteiger partial charge in [-0.25, -0.2) is 4.98 Å². The van der Waals surface area contributed by atoms with E-state index in [9.17, 15) is 0 Å². The lowest BCUT2D eigenvalue weighted by Gasteiger charge is -2.02. The van der Waals surface area contributed by atoms with E-state index in [-0.39, 0.29) is 0 Å². The Bertz CT molecular complexity index is 235. The molecule has 2 nitrogen and oxygen atoms in total. The molecule has 2 rings (SSSR count). The van der Waals surface area contributed by atoms with Gasteiger partial charge in [-0.15, -0.1) is 11.3 Å². The Morgan fingerprint density at radius 3 is 3.10 bits per heavy atom. The molecular formula is C6H7ClN2S. The summed E-state index contributed by atoms with van der Waals surface area (Å²) in [5.74, 6) is 0. The smallest absolute Gasteiger partial charge is 0.184 e. The molecule has 10 heavy (non-hydrogen) atoms. The largest absolute Gasteiger partial charge is 0.295 e. The summed E-state index contributed by atoms with van der Waals surface area (Å²) in [4.78, 5) is 7.74. The number of halogens is 1. The van der Waals surface area contributed by atoms with E-state index < -0.39 is 0 Å². The molecule has 2 heterocycles. The predicted molar refractivity (Wildman–Crippen MR) is 42.3 cm³/mol. The van der Waals surface area contributed by atoms with Crippen LogP contribution in [-0.2, 0) is 13.1 Å². The molecule has 0 atom stereocenters. The van der Waals surface area contributed by atoms with Gasteiger partial charge >= 0.3 is 0 Å². The lowest BCUT2D eigenvalue weighted by Crippen LogP contribution is -2.08. The van der Waals surface area contributed by atoms with Crippen LogP contribution >= 0.6 is 22.9 Å². The maximum Gasteiger partial charge on any atom is 0.184 e. The molecular weight excluding hydrogens is 168 g/mol. The van der Waals surface area contributed by atoms with E-state index in [0.29, 0.717) is 4.47 Å². The highest BCUT2D eigenvalue weighted by molar-refractivity contribution is 7.15. The van der Waals surface area contributed by atoms with Crippen LogP contribution in [0, 0.1) is 0 Å². The Kier molecular flexibility index (Phi) is 1.44. The average Bonchev–Trinajstić information content (AvgIpc) is 2.21. The molecule has 0 bridgehead atoms. The molecule has 1 aromatic rings. The van der Waals surface area contributed by atoms with Gasteiger partial charge in [0.05, 0.1) is 5.69 Å². The van der Waals surface area contributed by atoms with Gasteiger partial charge in [0.15, 0.2) is 4.47 Å². The fourth-order valence-corrected chi connectivity index (χ4v) is 2.41. The molecule has 1 aliphatic rings. The Labute approximate surface area is 68.4 Å². The van der Waals surface area contributed by atoms with Crippen molar-refractivity contribution in [2.45, 2.75) is 13.1 Å². The first kappa shape index (κ1) is 6.58. The minimum atomic E-state index is 0.679. The summed E-state index contributed by atoms with van der Waals surface area (Å²) in [6.45, 7) is 1.97. The van der Waals surface area contributed by atoms with E-state index in [0.717, 1.165) is 18.8 Å². The molecule has 1 aromatic heterocycles. The van der Waals surface area contributed by atoms with Gasteiger partial charge in [0.2, 0.25) is 0 Å². The Hall–Kier alpha value is -0.120. The van der Waals surface area contributed by atoms with Crippen LogP contribution in [0.15, 0.2) is 0 Å². The van der Waals surface area contributed by atoms with Crippen molar-refractivity contribution in [2.24, 2.45) is 0 Å². The second kappa shape index (κ2) is 2.19. The Morgan fingerprint density at radius 2 is 2.40 bits per heavy atom. The maximum atomic E-state index is 5.71. The van der Waals surface area contributed by atoms with Crippen LogP contribution in [0.4, 0.5) is 0 Å². The summed E-state index contributed by atoms with van der Waals surface area (Å²) >= 11 is 7.31. The SMILES string of the molecule is CN1Cc2nc(Cl)sc2C1. The minimum absolute atomic E-state index is 0.679. The summed E-state index contributed by atoms with van der Waals surface area (Å²) in [5, 5.41) is 0. The molecule has 0 radical (unpaired) electrons. The van der Waals surface area contributed by atoms with E-state index in [4.69, 9.17) is 11.6 Å². The molecule has 0 saturated carbocycles. The topological polar surface area (TPSA) is 16.1 Å². The van der Waals surface area contributed by atoms with E-state index in [2.05, 4.69) is 16.9 Å². The van der Waals surface area contributed by atoms with E-state index in [1.165, 1.54) is 4.88 Å². The van der Waals surface area contributed by atoms with E-state index in [1.54, 1.807) is 11.3 Å². The van der Waals surface area contributed by atoms with Crippen molar-refractivity contribution in [3.8, 4) is 0 Å². The first-order valence-corrected chi connectivity index (χ1v) is 4.28. The second-order valence-corrected chi connectivity index (χ2v) is 4.17. The summed E-state index contributed by atoms with van der Waals surface area (Å²) in [6.07, 6.45) is 0. The molecule has 0 unspecified atom stereocenters. The molecule has 54 valence electrons. The van der Waals surface area contributed by atoms with Gasteiger partial charge in [-0.05, 0) is 7.05 Å².